The molecular formula is C22H26N2O4. The molecule has 6 heteroatoms. The molecule has 0 saturated carbocycles. The second-order valence-corrected chi connectivity index (χ2v) is 6.85. The minimum Gasteiger partial charge on any atom is -0.493 e. The lowest BCUT2D eigenvalue weighted by Gasteiger charge is -2.29. The quantitative estimate of drug-likeness (QED) is 0.745. The smallest absolute Gasteiger partial charge is 0.224 e. The number of amides is 1. The highest BCUT2D eigenvalue weighted by Crippen LogP contribution is 2.33. The number of hydrogen-bond acceptors (Lipinski definition) is 5. The Morgan fingerprint density at radius 1 is 1.04 bits per heavy atom. The van der Waals surface area contributed by atoms with Gasteiger partial charge in [0.1, 0.15) is 0 Å². The Bertz CT molecular complexity index is 862. The number of fused-ring (bicyclic) bond motifs is 1. The average Bonchev–Trinajstić information content (AvgIpc) is 2.72. The molecule has 0 saturated heterocycles. The zero-order chi connectivity index (χ0) is 20.1. The number of anilines is 1. The maximum atomic E-state index is 12.6. The van der Waals surface area contributed by atoms with Crippen molar-refractivity contribution in [1.82, 2.24) is 4.90 Å². The summed E-state index contributed by atoms with van der Waals surface area (Å²) in [7, 11) is 3.24. The number of carbonyl (C=O) groups is 2. The number of nitrogens with one attached hydrogen (secondary N) is 1. The first kappa shape index (κ1) is 19.7. The molecule has 1 heterocycles. The van der Waals surface area contributed by atoms with Crippen molar-refractivity contribution in [3.05, 3.63) is 53.1 Å². The van der Waals surface area contributed by atoms with Gasteiger partial charge in [-0.25, -0.2) is 0 Å². The topological polar surface area (TPSA) is 67.9 Å². The van der Waals surface area contributed by atoms with E-state index in [9.17, 15) is 9.59 Å². The van der Waals surface area contributed by atoms with Gasteiger partial charge < -0.3 is 19.7 Å². The summed E-state index contributed by atoms with van der Waals surface area (Å²) < 4.78 is 10.7. The maximum Gasteiger partial charge on any atom is 0.224 e. The number of Topliss-reactive ketones (excluding diaryl/α,β-unsaturated/α-hetero) is 1. The molecule has 0 aromatic heterocycles. The molecule has 28 heavy (non-hydrogen) atoms. The van der Waals surface area contributed by atoms with Crippen LogP contribution in [0.4, 0.5) is 5.69 Å². The van der Waals surface area contributed by atoms with Crippen LogP contribution in [-0.4, -0.2) is 43.9 Å². The second-order valence-electron chi connectivity index (χ2n) is 6.85. The molecule has 1 aliphatic heterocycles. The molecule has 0 spiro atoms. The number of benzene rings is 2. The van der Waals surface area contributed by atoms with E-state index in [4.69, 9.17) is 9.47 Å². The minimum atomic E-state index is 0.0429. The molecule has 2 aromatic rings. The molecule has 2 aromatic carbocycles. The van der Waals surface area contributed by atoms with E-state index in [1.165, 1.54) is 5.56 Å². The second kappa shape index (κ2) is 8.78. The third-order valence-corrected chi connectivity index (χ3v) is 5.03. The van der Waals surface area contributed by atoms with Gasteiger partial charge in [-0.2, -0.15) is 0 Å². The molecule has 3 rings (SSSR count). The van der Waals surface area contributed by atoms with Gasteiger partial charge in [0.2, 0.25) is 5.91 Å². The SMILES string of the molecule is COc1cc2c(cc1OC)CN(C(=O)CCNc1ccc(C(C)=O)cc1)CC2. The summed E-state index contributed by atoms with van der Waals surface area (Å²) in [5, 5.41) is 3.24. The first-order valence-electron chi connectivity index (χ1n) is 9.38. The number of ketones is 1. The Balaban J connectivity index is 1.55. The van der Waals surface area contributed by atoms with Crippen LogP contribution in [0.1, 0.15) is 34.8 Å². The molecule has 0 aliphatic carbocycles. The van der Waals surface area contributed by atoms with Gasteiger partial charge in [-0.1, -0.05) is 0 Å². The summed E-state index contributed by atoms with van der Waals surface area (Å²) in [6.07, 6.45) is 1.22. The lowest BCUT2D eigenvalue weighted by Crippen LogP contribution is -2.36. The van der Waals surface area contributed by atoms with E-state index >= 15 is 0 Å². The van der Waals surface area contributed by atoms with Crippen LogP contribution in [0, 0.1) is 0 Å². The summed E-state index contributed by atoms with van der Waals surface area (Å²) in [5.41, 5.74) is 3.88. The number of carbonyl (C=O) groups excluding carboxylic acids is 2. The van der Waals surface area contributed by atoms with Crippen LogP contribution >= 0.6 is 0 Å². The van der Waals surface area contributed by atoms with Crippen LogP contribution in [0.5, 0.6) is 11.5 Å². The Morgan fingerprint density at radius 3 is 2.29 bits per heavy atom. The van der Waals surface area contributed by atoms with Crippen molar-refractivity contribution in [3.63, 3.8) is 0 Å². The Hall–Kier alpha value is -3.02. The number of hydrogen-bond donors (Lipinski definition) is 1. The predicted molar refractivity (Wildman–Crippen MR) is 108 cm³/mol. The number of ether oxygens (including phenoxy) is 2. The molecular weight excluding hydrogens is 356 g/mol. The van der Waals surface area contributed by atoms with Crippen molar-refractivity contribution in [2.45, 2.75) is 26.3 Å². The molecule has 1 aliphatic rings. The fraction of sp³-hybridized carbons (Fsp3) is 0.364. The summed E-state index contributed by atoms with van der Waals surface area (Å²) >= 11 is 0. The summed E-state index contributed by atoms with van der Waals surface area (Å²) in [5.74, 6) is 1.57. The van der Waals surface area contributed by atoms with E-state index in [-0.39, 0.29) is 11.7 Å². The van der Waals surface area contributed by atoms with Crippen molar-refractivity contribution < 1.29 is 19.1 Å². The monoisotopic (exact) mass is 382 g/mol. The average molecular weight is 382 g/mol. The van der Waals surface area contributed by atoms with Crippen LogP contribution in [-0.2, 0) is 17.8 Å². The van der Waals surface area contributed by atoms with E-state index in [2.05, 4.69) is 5.32 Å². The van der Waals surface area contributed by atoms with Gasteiger partial charge in [0.15, 0.2) is 17.3 Å². The maximum absolute atomic E-state index is 12.6. The van der Waals surface area contributed by atoms with Crippen LogP contribution in [0.2, 0.25) is 0 Å². The van der Waals surface area contributed by atoms with E-state index in [1.54, 1.807) is 33.3 Å². The molecule has 0 atom stereocenters. The van der Waals surface area contributed by atoms with Gasteiger partial charge in [-0.3, -0.25) is 9.59 Å². The molecule has 1 N–H and O–H groups in total. The molecule has 0 unspecified atom stereocenters. The lowest BCUT2D eigenvalue weighted by atomic mass is 9.98. The summed E-state index contributed by atoms with van der Waals surface area (Å²) in [4.78, 5) is 25.8. The largest absolute Gasteiger partial charge is 0.493 e. The summed E-state index contributed by atoms with van der Waals surface area (Å²) in [6, 6.07) is 11.3. The Kier molecular flexibility index (Phi) is 6.19. The predicted octanol–water partition coefficient (Wildman–Crippen LogP) is 3.29. The van der Waals surface area contributed by atoms with Gasteiger partial charge in [0.25, 0.3) is 0 Å². The molecule has 6 nitrogen and oxygen atoms in total. The van der Waals surface area contributed by atoms with Gasteiger partial charge in [-0.15, -0.1) is 0 Å². The van der Waals surface area contributed by atoms with Crippen molar-refractivity contribution in [3.8, 4) is 11.5 Å². The number of rotatable bonds is 7. The number of nitrogens with zero attached hydrogens (tertiary/aromatic N) is 1. The highest BCUT2D eigenvalue weighted by Gasteiger charge is 2.22. The van der Waals surface area contributed by atoms with E-state index in [0.29, 0.717) is 37.4 Å². The number of methoxy groups -OCH3 is 2. The molecule has 0 bridgehead atoms. The van der Waals surface area contributed by atoms with E-state index in [0.717, 1.165) is 23.4 Å². The molecule has 0 fully saturated rings. The molecule has 0 radical (unpaired) electrons. The zero-order valence-corrected chi connectivity index (χ0v) is 16.6. The highest BCUT2D eigenvalue weighted by molar-refractivity contribution is 5.94. The van der Waals surface area contributed by atoms with Gasteiger partial charge in [0.05, 0.1) is 14.2 Å². The van der Waals surface area contributed by atoms with E-state index in [1.807, 2.05) is 29.2 Å². The van der Waals surface area contributed by atoms with Crippen molar-refractivity contribution in [2.75, 3.05) is 32.6 Å². The van der Waals surface area contributed by atoms with Gasteiger partial charge in [-0.05, 0) is 60.9 Å². The summed E-state index contributed by atoms with van der Waals surface area (Å²) in [6.45, 7) is 3.38. The first-order valence-corrected chi connectivity index (χ1v) is 9.38. The van der Waals surface area contributed by atoms with Crippen LogP contribution in [0.25, 0.3) is 0 Å². The lowest BCUT2D eigenvalue weighted by molar-refractivity contribution is -0.131. The third-order valence-electron chi connectivity index (χ3n) is 5.03. The fourth-order valence-electron chi connectivity index (χ4n) is 3.39. The zero-order valence-electron chi connectivity index (χ0n) is 16.6. The van der Waals surface area contributed by atoms with Crippen LogP contribution in [0.3, 0.4) is 0 Å². The Morgan fingerprint density at radius 2 is 1.68 bits per heavy atom. The minimum absolute atomic E-state index is 0.0429. The first-order chi connectivity index (χ1) is 13.5. The van der Waals surface area contributed by atoms with Crippen molar-refractivity contribution in [2.24, 2.45) is 0 Å². The fourth-order valence-corrected chi connectivity index (χ4v) is 3.39. The van der Waals surface area contributed by atoms with Crippen LogP contribution in [0.15, 0.2) is 36.4 Å². The van der Waals surface area contributed by atoms with Gasteiger partial charge in [0, 0.05) is 37.3 Å². The molecule has 148 valence electrons. The van der Waals surface area contributed by atoms with Crippen molar-refractivity contribution >= 4 is 17.4 Å². The standard InChI is InChI=1S/C22H26N2O4/c1-15(25)16-4-6-19(7-5-16)23-10-8-22(26)24-11-9-17-12-20(27-2)21(28-3)13-18(17)14-24/h4-7,12-13,23H,8-11,14H2,1-3H3. The Labute approximate surface area is 165 Å². The van der Waals surface area contributed by atoms with Crippen LogP contribution < -0.4 is 14.8 Å². The van der Waals surface area contributed by atoms with Crippen molar-refractivity contribution in [1.29, 1.82) is 0 Å². The highest BCUT2D eigenvalue weighted by atomic mass is 16.5. The third kappa shape index (κ3) is 4.44. The normalized spacial score (nSPS) is 12.9. The molecule has 1 amide bonds. The van der Waals surface area contributed by atoms with E-state index < -0.39 is 0 Å². The van der Waals surface area contributed by atoms with Gasteiger partial charge >= 0.3 is 0 Å².